The number of hydrogen-bond acceptors (Lipinski definition) is 4. The molecule has 24 heavy (non-hydrogen) atoms. The van der Waals surface area contributed by atoms with Gasteiger partial charge in [0.2, 0.25) is 0 Å². The number of rotatable bonds is 2. The first-order valence-electron chi connectivity index (χ1n) is 8.34. The third kappa shape index (κ3) is 2.51. The van der Waals surface area contributed by atoms with Gasteiger partial charge >= 0.3 is 0 Å². The number of nitrogens with one attached hydrogen (secondary N) is 1. The van der Waals surface area contributed by atoms with Crippen LogP contribution < -0.4 is 10.9 Å². The Morgan fingerprint density at radius 3 is 3.00 bits per heavy atom. The average molecular weight is 341 g/mol. The molecule has 1 N–H and O–H groups in total. The Morgan fingerprint density at radius 2 is 2.17 bits per heavy atom. The summed E-state index contributed by atoms with van der Waals surface area (Å²) in [4.78, 5) is 29.9. The van der Waals surface area contributed by atoms with Gasteiger partial charge < -0.3 is 5.32 Å². The smallest absolute Gasteiger partial charge is 0.275 e. The SMILES string of the molecule is C[C@H]1CCCC[C@H]1NC(=O)c1cccn2c(=O)c3sccc3nc12. The molecule has 0 bridgehead atoms. The molecule has 0 spiro atoms. The van der Waals surface area contributed by atoms with E-state index in [2.05, 4.69) is 17.2 Å². The molecule has 6 heteroatoms. The highest BCUT2D eigenvalue weighted by molar-refractivity contribution is 7.17. The van der Waals surface area contributed by atoms with E-state index in [0.29, 0.717) is 27.3 Å². The topological polar surface area (TPSA) is 63.5 Å². The molecule has 1 aliphatic carbocycles. The summed E-state index contributed by atoms with van der Waals surface area (Å²) in [6, 6.07) is 5.49. The second-order valence-electron chi connectivity index (χ2n) is 6.51. The lowest BCUT2D eigenvalue weighted by Gasteiger charge is -2.29. The van der Waals surface area contributed by atoms with Gasteiger partial charge in [-0.25, -0.2) is 4.98 Å². The zero-order valence-corrected chi connectivity index (χ0v) is 14.3. The molecule has 1 amide bonds. The summed E-state index contributed by atoms with van der Waals surface area (Å²) in [5, 5.41) is 5.00. The first kappa shape index (κ1) is 15.3. The van der Waals surface area contributed by atoms with Gasteiger partial charge in [0, 0.05) is 12.2 Å². The highest BCUT2D eigenvalue weighted by Crippen LogP contribution is 2.24. The summed E-state index contributed by atoms with van der Waals surface area (Å²) < 4.78 is 2.09. The number of nitrogens with zero attached hydrogens (tertiary/aromatic N) is 2. The molecule has 0 saturated heterocycles. The maximum absolute atomic E-state index is 12.8. The summed E-state index contributed by atoms with van der Waals surface area (Å²) in [6.07, 6.45) is 6.21. The minimum atomic E-state index is -0.145. The molecule has 0 aromatic carbocycles. The third-order valence-electron chi connectivity index (χ3n) is 4.92. The van der Waals surface area contributed by atoms with Crippen LogP contribution in [0, 0.1) is 5.92 Å². The highest BCUT2D eigenvalue weighted by atomic mass is 32.1. The number of fused-ring (bicyclic) bond motifs is 2. The minimum Gasteiger partial charge on any atom is -0.349 e. The van der Waals surface area contributed by atoms with Gasteiger partial charge in [0.05, 0.1) is 11.1 Å². The zero-order valence-electron chi connectivity index (χ0n) is 13.5. The van der Waals surface area contributed by atoms with Gasteiger partial charge in [-0.15, -0.1) is 11.3 Å². The molecule has 0 aliphatic heterocycles. The van der Waals surface area contributed by atoms with Crippen molar-refractivity contribution >= 4 is 33.1 Å². The van der Waals surface area contributed by atoms with E-state index in [9.17, 15) is 9.59 Å². The maximum Gasteiger partial charge on any atom is 0.275 e. The molecule has 5 nitrogen and oxygen atoms in total. The first-order chi connectivity index (χ1) is 11.6. The van der Waals surface area contributed by atoms with Crippen molar-refractivity contribution in [3.8, 4) is 0 Å². The Labute approximate surface area is 143 Å². The van der Waals surface area contributed by atoms with E-state index in [1.54, 1.807) is 18.3 Å². The molecule has 0 radical (unpaired) electrons. The lowest BCUT2D eigenvalue weighted by Crippen LogP contribution is -2.41. The van der Waals surface area contributed by atoms with E-state index < -0.39 is 0 Å². The summed E-state index contributed by atoms with van der Waals surface area (Å²) in [6.45, 7) is 2.19. The third-order valence-corrected chi connectivity index (χ3v) is 5.82. The fourth-order valence-electron chi connectivity index (χ4n) is 3.51. The number of thiophene rings is 1. The molecule has 3 aromatic rings. The Bertz CT molecular complexity index is 975. The Hall–Kier alpha value is -2.21. The quantitative estimate of drug-likeness (QED) is 0.778. The molecule has 1 saturated carbocycles. The highest BCUT2D eigenvalue weighted by Gasteiger charge is 2.24. The minimum absolute atomic E-state index is 0.120. The summed E-state index contributed by atoms with van der Waals surface area (Å²) in [5.41, 5.74) is 1.41. The Morgan fingerprint density at radius 1 is 1.33 bits per heavy atom. The van der Waals surface area contributed by atoms with Gasteiger partial charge in [0.25, 0.3) is 11.5 Å². The molecular formula is C18H19N3O2S. The second-order valence-corrected chi connectivity index (χ2v) is 7.43. The van der Waals surface area contributed by atoms with E-state index in [4.69, 9.17) is 0 Å². The number of pyridine rings is 1. The van der Waals surface area contributed by atoms with Crippen molar-refractivity contribution in [2.24, 2.45) is 5.92 Å². The first-order valence-corrected chi connectivity index (χ1v) is 9.22. The van der Waals surface area contributed by atoms with Gasteiger partial charge in [-0.1, -0.05) is 19.8 Å². The second kappa shape index (κ2) is 6.02. The largest absolute Gasteiger partial charge is 0.349 e. The summed E-state index contributed by atoms with van der Waals surface area (Å²) in [5.74, 6) is 0.338. The van der Waals surface area contributed by atoms with Crippen molar-refractivity contribution in [1.82, 2.24) is 14.7 Å². The van der Waals surface area contributed by atoms with Gasteiger partial charge in [-0.05, 0) is 42.3 Å². The maximum atomic E-state index is 12.8. The van der Waals surface area contributed by atoms with E-state index in [1.165, 1.54) is 22.2 Å². The molecule has 0 unspecified atom stereocenters. The molecule has 4 rings (SSSR count). The fourth-order valence-corrected chi connectivity index (χ4v) is 4.27. The van der Waals surface area contributed by atoms with Gasteiger partial charge in [-0.2, -0.15) is 0 Å². The predicted octanol–water partition coefficient (Wildman–Crippen LogP) is 3.22. The fraction of sp³-hybridized carbons (Fsp3) is 0.389. The van der Waals surface area contributed by atoms with Crippen molar-refractivity contribution in [2.75, 3.05) is 0 Å². The molecule has 3 aromatic heterocycles. The van der Waals surface area contributed by atoms with Crippen LogP contribution in [0.1, 0.15) is 43.0 Å². The van der Waals surface area contributed by atoms with Crippen LogP contribution in [0.4, 0.5) is 0 Å². The molecule has 1 fully saturated rings. The standard InChI is InChI=1S/C18H19N3O2S/c1-11-5-2-3-7-13(11)20-17(22)12-6-4-9-21-16(12)19-14-8-10-24-15(14)18(21)23/h4,6,8-11,13H,2-3,5,7H2,1H3,(H,20,22)/t11-,13+/m0/s1. The van der Waals surface area contributed by atoms with Crippen LogP contribution in [-0.4, -0.2) is 21.3 Å². The van der Waals surface area contributed by atoms with Crippen LogP contribution >= 0.6 is 11.3 Å². The van der Waals surface area contributed by atoms with Crippen molar-refractivity contribution < 1.29 is 4.79 Å². The van der Waals surface area contributed by atoms with Gasteiger partial charge in [0.1, 0.15) is 4.70 Å². The van der Waals surface area contributed by atoms with Crippen molar-refractivity contribution in [3.05, 3.63) is 45.7 Å². The summed E-state index contributed by atoms with van der Waals surface area (Å²) in [7, 11) is 0. The predicted molar refractivity (Wildman–Crippen MR) is 95.7 cm³/mol. The molecule has 3 heterocycles. The van der Waals surface area contributed by atoms with E-state index >= 15 is 0 Å². The van der Waals surface area contributed by atoms with E-state index in [1.807, 2.05) is 11.4 Å². The number of amides is 1. The number of carbonyl (C=O) groups excluding carboxylic acids is 1. The van der Waals surface area contributed by atoms with Crippen LogP contribution in [0.15, 0.2) is 34.6 Å². The van der Waals surface area contributed by atoms with Crippen LogP contribution in [0.5, 0.6) is 0 Å². The average Bonchev–Trinajstić information content (AvgIpc) is 3.05. The summed E-state index contributed by atoms with van der Waals surface area (Å²) >= 11 is 1.38. The number of aromatic nitrogens is 2. The number of carbonyl (C=O) groups is 1. The zero-order chi connectivity index (χ0) is 16.7. The molecule has 2 atom stereocenters. The molecule has 124 valence electrons. The van der Waals surface area contributed by atoms with Gasteiger partial charge in [-0.3, -0.25) is 14.0 Å². The lowest BCUT2D eigenvalue weighted by atomic mass is 9.86. The molecule has 1 aliphatic rings. The Kier molecular flexibility index (Phi) is 3.84. The lowest BCUT2D eigenvalue weighted by molar-refractivity contribution is 0.0911. The van der Waals surface area contributed by atoms with Gasteiger partial charge in [0.15, 0.2) is 5.65 Å². The van der Waals surface area contributed by atoms with Crippen molar-refractivity contribution in [1.29, 1.82) is 0 Å². The van der Waals surface area contributed by atoms with E-state index in [-0.39, 0.29) is 17.5 Å². The van der Waals surface area contributed by atoms with Crippen molar-refractivity contribution in [3.63, 3.8) is 0 Å². The van der Waals surface area contributed by atoms with Crippen LogP contribution in [0.25, 0.3) is 15.9 Å². The van der Waals surface area contributed by atoms with Crippen LogP contribution in [0.2, 0.25) is 0 Å². The van der Waals surface area contributed by atoms with Crippen LogP contribution in [-0.2, 0) is 0 Å². The van der Waals surface area contributed by atoms with E-state index in [0.717, 1.165) is 19.3 Å². The van der Waals surface area contributed by atoms with Crippen LogP contribution in [0.3, 0.4) is 0 Å². The normalized spacial score (nSPS) is 21.2. The Balaban J connectivity index is 1.77. The number of hydrogen-bond donors (Lipinski definition) is 1. The van der Waals surface area contributed by atoms with Crippen molar-refractivity contribution in [2.45, 2.75) is 38.6 Å². The monoisotopic (exact) mass is 341 g/mol. The molecular weight excluding hydrogens is 322 g/mol.